The summed E-state index contributed by atoms with van der Waals surface area (Å²) in [6.07, 6.45) is 5.41. The molecule has 0 spiro atoms. The number of H-pyrrole nitrogens is 1. The number of allylic oxidation sites excluding steroid dienone is 4. The van der Waals surface area contributed by atoms with E-state index < -0.39 is 11.1 Å². The molecule has 2 aliphatic carbocycles. The average molecular weight is 321 g/mol. The molecule has 122 valence electrons. The van der Waals surface area contributed by atoms with Crippen LogP contribution in [0, 0.1) is 0 Å². The van der Waals surface area contributed by atoms with Crippen molar-refractivity contribution in [3.8, 4) is 0 Å². The van der Waals surface area contributed by atoms with Crippen molar-refractivity contribution >= 4 is 5.57 Å². The molecule has 5 nitrogen and oxygen atoms in total. The number of aromatic nitrogens is 2. The Morgan fingerprint density at radius 1 is 1.04 bits per heavy atom. The molecule has 2 aliphatic rings. The van der Waals surface area contributed by atoms with Crippen molar-refractivity contribution in [3.63, 3.8) is 0 Å². The summed E-state index contributed by atoms with van der Waals surface area (Å²) in [5.41, 5.74) is 10.7. The lowest BCUT2D eigenvalue weighted by molar-refractivity contribution is 0.651. The zero-order valence-electron chi connectivity index (χ0n) is 13.3. The van der Waals surface area contributed by atoms with Gasteiger partial charge in [-0.25, -0.2) is 0 Å². The van der Waals surface area contributed by atoms with E-state index in [0.29, 0.717) is 6.54 Å². The Morgan fingerprint density at radius 3 is 2.58 bits per heavy atom. The minimum absolute atomic E-state index is 0.410. The predicted molar refractivity (Wildman–Crippen MR) is 93.6 cm³/mol. The Morgan fingerprint density at radius 2 is 1.79 bits per heavy atom. The topological polar surface area (TPSA) is 80.9 Å². The number of fused-ring (bicyclic) bond motifs is 2. The van der Waals surface area contributed by atoms with Gasteiger partial charge in [-0.05, 0) is 37.3 Å². The van der Waals surface area contributed by atoms with Crippen molar-refractivity contribution in [1.82, 2.24) is 9.55 Å². The zero-order valence-corrected chi connectivity index (χ0v) is 13.3. The first-order valence-corrected chi connectivity index (χ1v) is 8.22. The highest BCUT2D eigenvalue weighted by Gasteiger charge is 2.25. The highest BCUT2D eigenvalue weighted by Crippen LogP contribution is 2.36. The molecule has 0 atom stereocenters. The highest BCUT2D eigenvalue weighted by molar-refractivity contribution is 5.79. The van der Waals surface area contributed by atoms with Gasteiger partial charge in [-0.3, -0.25) is 9.59 Å². The molecular formula is C19H19N3O2. The van der Waals surface area contributed by atoms with Gasteiger partial charge >= 0.3 is 11.1 Å². The molecule has 1 aromatic carbocycles. The lowest BCUT2D eigenvalue weighted by Gasteiger charge is -2.27. The lowest BCUT2D eigenvalue weighted by Crippen LogP contribution is -2.40. The van der Waals surface area contributed by atoms with E-state index in [9.17, 15) is 9.59 Å². The fourth-order valence-corrected chi connectivity index (χ4v) is 3.60. The number of hydrogen-bond donors (Lipinski definition) is 2. The second-order valence-corrected chi connectivity index (χ2v) is 6.39. The van der Waals surface area contributed by atoms with Gasteiger partial charge in [0, 0.05) is 17.0 Å². The molecule has 0 saturated heterocycles. The minimum atomic E-state index is -0.573. The third-order valence-electron chi connectivity index (χ3n) is 4.83. The molecule has 0 radical (unpaired) electrons. The zero-order chi connectivity index (χ0) is 16.7. The van der Waals surface area contributed by atoms with Crippen molar-refractivity contribution in [1.29, 1.82) is 0 Å². The van der Waals surface area contributed by atoms with Gasteiger partial charge in [0.15, 0.2) is 0 Å². The third kappa shape index (κ3) is 2.42. The summed E-state index contributed by atoms with van der Waals surface area (Å²) in [4.78, 5) is 27.4. The molecule has 5 heteroatoms. The molecule has 3 N–H and O–H groups in total. The van der Waals surface area contributed by atoms with Crippen LogP contribution in [0.2, 0.25) is 0 Å². The molecule has 24 heavy (non-hydrogen) atoms. The first-order chi connectivity index (χ1) is 11.6. The number of rotatable bonds is 2. The fourth-order valence-electron chi connectivity index (χ4n) is 3.60. The van der Waals surface area contributed by atoms with Crippen molar-refractivity contribution in [3.05, 3.63) is 85.3 Å². The second kappa shape index (κ2) is 5.67. The molecule has 0 unspecified atom stereocenters. The van der Waals surface area contributed by atoms with Crippen LogP contribution in [0.5, 0.6) is 0 Å². The summed E-state index contributed by atoms with van der Waals surface area (Å²) < 4.78 is 1.62. The van der Waals surface area contributed by atoms with Gasteiger partial charge in [0.05, 0.1) is 12.2 Å². The van der Waals surface area contributed by atoms with Crippen LogP contribution in [-0.2, 0) is 13.0 Å². The van der Waals surface area contributed by atoms with Gasteiger partial charge in [0.1, 0.15) is 0 Å². The van der Waals surface area contributed by atoms with Crippen LogP contribution in [-0.4, -0.2) is 9.55 Å². The number of benzene rings is 1. The van der Waals surface area contributed by atoms with Gasteiger partial charge < -0.3 is 15.3 Å². The van der Waals surface area contributed by atoms with Gasteiger partial charge in [-0.1, -0.05) is 35.9 Å². The number of nitrogens with zero attached hydrogens (tertiary/aromatic N) is 1. The van der Waals surface area contributed by atoms with Crippen LogP contribution in [0.25, 0.3) is 5.57 Å². The Labute approximate surface area is 139 Å². The van der Waals surface area contributed by atoms with E-state index in [0.717, 1.165) is 53.9 Å². The van der Waals surface area contributed by atoms with Gasteiger partial charge in [0.2, 0.25) is 0 Å². The van der Waals surface area contributed by atoms with Crippen molar-refractivity contribution in [2.75, 3.05) is 0 Å². The van der Waals surface area contributed by atoms with Crippen molar-refractivity contribution in [2.24, 2.45) is 5.73 Å². The minimum Gasteiger partial charge on any atom is -0.402 e. The van der Waals surface area contributed by atoms with Crippen LogP contribution in [0.15, 0.2) is 57.3 Å². The predicted octanol–water partition coefficient (Wildman–Crippen LogP) is 1.92. The summed E-state index contributed by atoms with van der Waals surface area (Å²) in [5, 5.41) is 0. The summed E-state index contributed by atoms with van der Waals surface area (Å²) >= 11 is 0. The smallest absolute Gasteiger partial charge is 0.316 e. The highest BCUT2D eigenvalue weighted by atomic mass is 16.2. The monoisotopic (exact) mass is 321 g/mol. The Balaban J connectivity index is 1.90. The second-order valence-electron chi connectivity index (χ2n) is 6.39. The number of nitrogens with two attached hydrogens (primary N) is 1. The molecule has 0 saturated carbocycles. The standard InChI is InChI=1S/C19H19N3O2/c20-14-8-6-13-7-9-16-17(15(13)10-14)21-18(23)19(24)22(16)11-12-4-2-1-3-5-12/h1-5,10H,6-9,11,20H2,(H,21,23). The summed E-state index contributed by atoms with van der Waals surface area (Å²) in [5.74, 6) is 0. The number of hydrogen-bond acceptors (Lipinski definition) is 3. The summed E-state index contributed by atoms with van der Waals surface area (Å²) in [6, 6.07) is 9.74. The van der Waals surface area contributed by atoms with E-state index in [2.05, 4.69) is 4.98 Å². The van der Waals surface area contributed by atoms with Gasteiger partial charge in [-0.2, -0.15) is 0 Å². The molecule has 1 heterocycles. The van der Waals surface area contributed by atoms with E-state index in [1.807, 2.05) is 36.4 Å². The molecule has 1 aromatic heterocycles. The molecule has 0 aliphatic heterocycles. The van der Waals surface area contributed by atoms with Gasteiger partial charge in [0.25, 0.3) is 0 Å². The Kier molecular flexibility index (Phi) is 3.49. The largest absolute Gasteiger partial charge is 0.402 e. The lowest BCUT2D eigenvalue weighted by atomic mass is 9.85. The van der Waals surface area contributed by atoms with Crippen molar-refractivity contribution in [2.45, 2.75) is 32.2 Å². The van der Waals surface area contributed by atoms with Crippen molar-refractivity contribution < 1.29 is 0 Å². The number of nitrogens with one attached hydrogen (secondary N) is 1. The van der Waals surface area contributed by atoms with E-state index in [-0.39, 0.29) is 0 Å². The van der Waals surface area contributed by atoms with E-state index in [1.54, 1.807) is 4.57 Å². The third-order valence-corrected chi connectivity index (χ3v) is 4.83. The van der Waals surface area contributed by atoms with Crippen LogP contribution in [0.3, 0.4) is 0 Å². The van der Waals surface area contributed by atoms with Crippen LogP contribution in [0.1, 0.15) is 36.2 Å². The first-order valence-electron chi connectivity index (χ1n) is 8.22. The van der Waals surface area contributed by atoms with Crippen LogP contribution >= 0.6 is 0 Å². The van der Waals surface area contributed by atoms with Crippen LogP contribution < -0.4 is 16.9 Å². The van der Waals surface area contributed by atoms with Gasteiger partial charge in [-0.15, -0.1) is 0 Å². The average Bonchev–Trinajstić information content (AvgIpc) is 2.60. The molecule has 4 rings (SSSR count). The maximum atomic E-state index is 12.4. The quantitative estimate of drug-likeness (QED) is 0.829. The first kappa shape index (κ1) is 14.8. The van der Waals surface area contributed by atoms with Crippen LogP contribution in [0.4, 0.5) is 0 Å². The molecule has 0 fully saturated rings. The molecule has 0 amide bonds. The molecule has 2 aromatic rings. The normalized spacial score (nSPS) is 16.4. The number of aromatic amines is 1. The maximum Gasteiger partial charge on any atom is 0.316 e. The fraction of sp³-hybridized carbons (Fsp3) is 0.263. The SMILES string of the molecule is NC1=CC2=C(CC1)CCc1c2[nH]c(=O)c(=O)n1Cc1ccccc1. The summed E-state index contributed by atoms with van der Waals surface area (Å²) in [6.45, 7) is 0.410. The van der Waals surface area contributed by atoms with E-state index in [4.69, 9.17) is 5.73 Å². The Bertz CT molecular complexity index is 978. The summed E-state index contributed by atoms with van der Waals surface area (Å²) in [7, 11) is 0. The molecule has 0 bridgehead atoms. The van der Waals surface area contributed by atoms with E-state index in [1.165, 1.54) is 5.57 Å². The molecular weight excluding hydrogens is 302 g/mol. The Hall–Kier alpha value is -2.82. The van der Waals surface area contributed by atoms with E-state index >= 15 is 0 Å². The maximum absolute atomic E-state index is 12.4.